The van der Waals surface area contributed by atoms with Gasteiger partial charge in [0, 0.05) is 30.4 Å². The number of hydrogen-bond acceptors (Lipinski definition) is 5. The van der Waals surface area contributed by atoms with Crippen molar-refractivity contribution in [2.24, 2.45) is 0 Å². The minimum absolute atomic E-state index is 0.123. The normalized spacial score (nSPS) is 16.9. The number of halogens is 1. The Morgan fingerprint density at radius 2 is 2.00 bits per heavy atom. The zero-order valence-electron chi connectivity index (χ0n) is 17.4. The Labute approximate surface area is 182 Å². The van der Waals surface area contributed by atoms with Crippen LogP contribution in [0.2, 0.25) is 5.02 Å². The number of ether oxygens (including phenoxy) is 2. The number of aromatic nitrogens is 1. The van der Waals surface area contributed by atoms with Crippen LogP contribution in [-0.2, 0) is 26.0 Å². The Morgan fingerprint density at radius 3 is 2.60 bits per heavy atom. The second-order valence-corrected chi connectivity index (χ2v) is 9.71. The summed E-state index contributed by atoms with van der Waals surface area (Å²) in [6.45, 7) is 6.62. The number of hydrogen-bond donors (Lipinski definition) is 1. The smallest absolute Gasteiger partial charge is 0.355 e. The number of rotatable bonds is 8. The van der Waals surface area contributed by atoms with E-state index in [4.69, 9.17) is 21.1 Å². The Morgan fingerprint density at radius 1 is 1.30 bits per heavy atom. The largest absolute Gasteiger partial charge is 0.461 e. The SMILES string of the molecule is CCOC(=O)c1[nH]c(C)c(CN(C[C@H]2CCCO2)S(=O)(=O)c2ccc(Cl)cc2)c1C. The van der Waals surface area contributed by atoms with Crippen LogP contribution in [-0.4, -0.2) is 49.5 Å². The molecule has 1 aromatic heterocycles. The molecule has 7 nitrogen and oxygen atoms in total. The molecular formula is C21H27ClN2O5S. The molecule has 1 aliphatic rings. The summed E-state index contributed by atoms with van der Waals surface area (Å²) < 4.78 is 39.1. The van der Waals surface area contributed by atoms with E-state index in [1.807, 2.05) is 6.92 Å². The van der Waals surface area contributed by atoms with Crippen LogP contribution in [0.25, 0.3) is 0 Å². The van der Waals surface area contributed by atoms with Crippen LogP contribution >= 0.6 is 11.6 Å². The van der Waals surface area contributed by atoms with Gasteiger partial charge in [-0.15, -0.1) is 0 Å². The molecule has 2 aromatic rings. The van der Waals surface area contributed by atoms with E-state index in [2.05, 4.69) is 4.98 Å². The number of nitrogens with zero attached hydrogens (tertiary/aromatic N) is 1. The number of aryl methyl sites for hydroxylation is 1. The van der Waals surface area contributed by atoms with Crippen LogP contribution in [0.1, 0.15) is 47.1 Å². The van der Waals surface area contributed by atoms with Crippen molar-refractivity contribution in [2.75, 3.05) is 19.8 Å². The quantitative estimate of drug-likeness (QED) is 0.612. The highest BCUT2D eigenvalue weighted by Gasteiger charge is 2.31. The number of sulfonamides is 1. The summed E-state index contributed by atoms with van der Waals surface area (Å²) in [7, 11) is -3.79. The third-order valence-electron chi connectivity index (χ3n) is 5.29. The molecule has 2 heterocycles. The van der Waals surface area contributed by atoms with Crippen LogP contribution in [0.4, 0.5) is 0 Å². The van der Waals surface area contributed by atoms with Crippen molar-refractivity contribution >= 4 is 27.6 Å². The molecule has 164 valence electrons. The molecule has 0 spiro atoms. The maximum absolute atomic E-state index is 13.4. The Balaban J connectivity index is 1.95. The van der Waals surface area contributed by atoms with E-state index in [-0.39, 0.29) is 30.7 Å². The van der Waals surface area contributed by atoms with E-state index in [0.717, 1.165) is 24.1 Å². The van der Waals surface area contributed by atoms with Crippen LogP contribution in [0.15, 0.2) is 29.2 Å². The third kappa shape index (κ3) is 4.88. The van der Waals surface area contributed by atoms with Crippen molar-refractivity contribution in [3.05, 3.63) is 51.8 Å². The first-order chi connectivity index (χ1) is 14.2. The average Bonchev–Trinajstić information content (AvgIpc) is 3.31. The number of esters is 1. The molecule has 0 bridgehead atoms. The van der Waals surface area contributed by atoms with Gasteiger partial charge in [-0.3, -0.25) is 0 Å². The minimum atomic E-state index is -3.79. The molecule has 1 N–H and O–H groups in total. The summed E-state index contributed by atoms with van der Waals surface area (Å²) in [5.74, 6) is -0.449. The summed E-state index contributed by atoms with van der Waals surface area (Å²) in [4.78, 5) is 15.4. The predicted molar refractivity (Wildman–Crippen MR) is 114 cm³/mol. The minimum Gasteiger partial charge on any atom is -0.461 e. The van der Waals surface area contributed by atoms with E-state index in [9.17, 15) is 13.2 Å². The average molecular weight is 455 g/mol. The van der Waals surface area contributed by atoms with Crippen molar-refractivity contribution < 1.29 is 22.7 Å². The van der Waals surface area contributed by atoms with Crippen molar-refractivity contribution in [3.63, 3.8) is 0 Å². The van der Waals surface area contributed by atoms with Crippen LogP contribution in [0, 0.1) is 13.8 Å². The van der Waals surface area contributed by atoms with Crippen molar-refractivity contribution in [1.82, 2.24) is 9.29 Å². The maximum Gasteiger partial charge on any atom is 0.355 e. The highest BCUT2D eigenvalue weighted by molar-refractivity contribution is 7.89. The van der Waals surface area contributed by atoms with Gasteiger partial charge in [-0.1, -0.05) is 11.6 Å². The molecule has 30 heavy (non-hydrogen) atoms. The van der Waals surface area contributed by atoms with E-state index >= 15 is 0 Å². The standard InChI is InChI=1S/C21H27ClN2O5S/c1-4-28-21(25)20-14(2)19(15(3)23-20)13-24(12-17-6-5-11-29-17)30(26,27)18-9-7-16(22)8-10-18/h7-10,17,23H,4-6,11-13H2,1-3H3/t17-/m1/s1. The third-order valence-corrected chi connectivity index (χ3v) is 7.37. The van der Waals surface area contributed by atoms with E-state index in [1.54, 1.807) is 26.0 Å². The number of benzene rings is 1. The molecule has 1 aromatic carbocycles. The van der Waals surface area contributed by atoms with Gasteiger partial charge >= 0.3 is 5.97 Å². The summed E-state index contributed by atoms with van der Waals surface area (Å²) in [6, 6.07) is 6.12. The van der Waals surface area contributed by atoms with Crippen LogP contribution < -0.4 is 0 Å². The predicted octanol–water partition coefficient (Wildman–Crippen LogP) is 3.83. The maximum atomic E-state index is 13.4. The van der Waals surface area contributed by atoms with Gasteiger partial charge in [0.15, 0.2) is 0 Å². The number of H-pyrrole nitrogens is 1. The highest BCUT2D eigenvalue weighted by Crippen LogP contribution is 2.27. The van der Waals surface area contributed by atoms with E-state index in [0.29, 0.717) is 22.9 Å². The number of carbonyl (C=O) groups is 1. The van der Waals surface area contributed by atoms with Gasteiger partial charge in [-0.25, -0.2) is 13.2 Å². The molecule has 9 heteroatoms. The Bertz CT molecular complexity index is 995. The first-order valence-electron chi connectivity index (χ1n) is 9.96. The number of nitrogens with one attached hydrogen (secondary N) is 1. The lowest BCUT2D eigenvalue weighted by Gasteiger charge is -2.25. The van der Waals surface area contributed by atoms with Crippen molar-refractivity contribution in [1.29, 1.82) is 0 Å². The fourth-order valence-electron chi connectivity index (χ4n) is 3.63. The molecule has 1 atom stereocenters. The zero-order chi connectivity index (χ0) is 21.9. The van der Waals surface area contributed by atoms with E-state index in [1.165, 1.54) is 16.4 Å². The summed E-state index contributed by atoms with van der Waals surface area (Å²) in [5, 5.41) is 0.469. The molecular weight excluding hydrogens is 428 g/mol. The van der Waals surface area contributed by atoms with Gasteiger partial charge in [-0.05, 0) is 69.0 Å². The number of aromatic amines is 1. The molecule has 0 aliphatic carbocycles. The van der Waals surface area contributed by atoms with Gasteiger partial charge < -0.3 is 14.5 Å². The second-order valence-electron chi connectivity index (χ2n) is 7.34. The van der Waals surface area contributed by atoms with Crippen molar-refractivity contribution in [2.45, 2.75) is 51.2 Å². The summed E-state index contributed by atoms with van der Waals surface area (Å²) >= 11 is 5.93. The first-order valence-corrected chi connectivity index (χ1v) is 11.8. The van der Waals surface area contributed by atoms with Gasteiger partial charge in [0.25, 0.3) is 0 Å². The van der Waals surface area contributed by atoms with E-state index < -0.39 is 16.0 Å². The molecule has 1 fully saturated rings. The topological polar surface area (TPSA) is 88.7 Å². The van der Waals surface area contributed by atoms with Gasteiger partial charge in [0.2, 0.25) is 10.0 Å². The number of carbonyl (C=O) groups excluding carboxylic acids is 1. The van der Waals surface area contributed by atoms with Crippen LogP contribution in [0.5, 0.6) is 0 Å². The molecule has 3 rings (SSSR count). The Hall–Kier alpha value is -1.87. The molecule has 0 unspecified atom stereocenters. The summed E-state index contributed by atoms with van der Waals surface area (Å²) in [5.41, 5.74) is 2.53. The van der Waals surface area contributed by atoms with Crippen LogP contribution in [0.3, 0.4) is 0 Å². The van der Waals surface area contributed by atoms with Gasteiger partial charge in [-0.2, -0.15) is 4.31 Å². The molecule has 0 saturated carbocycles. The Kier molecular flexibility index (Phi) is 7.23. The lowest BCUT2D eigenvalue weighted by atomic mass is 10.1. The highest BCUT2D eigenvalue weighted by atomic mass is 35.5. The fraction of sp³-hybridized carbons (Fsp3) is 0.476. The molecule has 0 radical (unpaired) electrons. The van der Waals surface area contributed by atoms with Gasteiger partial charge in [0.05, 0.1) is 17.6 Å². The van der Waals surface area contributed by atoms with Gasteiger partial charge in [0.1, 0.15) is 5.69 Å². The zero-order valence-corrected chi connectivity index (χ0v) is 19.0. The monoisotopic (exact) mass is 454 g/mol. The second kappa shape index (κ2) is 9.51. The molecule has 1 saturated heterocycles. The summed E-state index contributed by atoms with van der Waals surface area (Å²) in [6.07, 6.45) is 1.57. The lowest BCUT2D eigenvalue weighted by molar-refractivity contribution is 0.0519. The molecule has 1 aliphatic heterocycles. The van der Waals surface area contributed by atoms with Crippen molar-refractivity contribution in [3.8, 4) is 0 Å². The fourth-order valence-corrected chi connectivity index (χ4v) is 5.19. The molecule has 0 amide bonds. The first kappa shape index (κ1) is 22.8. The lowest BCUT2D eigenvalue weighted by Crippen LogP contribution is -2.37.